The quantitative estimate of drug-likeness (QED) is 0.0325. The number of carbonyl (C=O) groups excluding carboxylic acids is 2. The van der Waals surface area contributed by atoms with Gasteiger partial charge in [0, 0.05) is 12.8 Å². The number of hydrogen-bond donors (Lipinski definition) is 3. The van der Waals surface area contributed by atoms with E-state index in [1.54, 1.807) is 0 Å². The molecule has 6 nitrogen and oxygen atoms in total. The van der Waals surface area contributed by atoms with E-state index in [0.717, 1.165) is 70.6 Å². The van der Waals surface area contributed by atoms with Crippen molar-refractivity contribution in [2.24, 2.45) is 0 Å². The zero-order chi connectivity index (χ0) is 40.1. The van der Waals surface area contributed by atoms with Crippen LogP contribution in [-0.2, 0) is 14.3 Å². The minimum Gasteiger partial charge on any atom is -0.466 e. The SMILES string of the molecule is CCC/C=C\C/C=C\CCCCCCCC(=O)OCCCCCCCCCCCC(=O)NC(CO)C(O)CCCCCCCCCCCCCCCCCC. The van der Waals surface area contributed by atoms with Gasteiger partial charge >= 0.3 is 5.97 Å². The second kappa shape index (κ2) is 45.0. The van der Waals surface area contributed by atoms with E-state index in [-0.39, 0.29) is 18.5 Å². The number of amides is 1. The number of ether oxygens (including phenoxy) is 1. The number of esters is 1. The Morgan fingerprint density at radius 1 is 0.509 bits per heavy atom. The van der Waals surface area contributed by atoms with Crippen LogP contribution in [0.15, 0.2) is 24.3 Å². The highest BCUT2D eigenvalue weighted by Gasteiger charge is 2.20. The number of allylic oxidation sites excluding steroid dienone is 4. The van der Waals surface area contributed by atoms with Crippen LogP contribution in [-0.4, -0.2) is 47.4 Å². The van der Waals surface area contributed by atoms with Gasteiger partial charge in [0.25, 0.3) is 0 Å². The van der Waals surface area contributed by atoms with Crippen LogP contribution in [0.4, 0.5) is 0 Å². The van der Waals surface area contributed by atoms with Crippen molar-refractivity contribution in [3.8, 4) is 0 Å². The number of nitrogens with one attached hydrogen (secondary N) is 1. The molecular weight excluding hydrogens is 683 g/mol. The zero-order valence-electron chi connectivity index (χ0n) is 36.7. The molecule has 55 heavy (non-hydrogen) atoms. The molecule has 2 atom stereocenters. The molecule has 0 aliphatic rings. The standard InChI is InChI=1S/C49H93NO5/c1-3-5-7-9-11-13-15-17-18-19-21-22-25-29-33-37-41-47(52)46(45-51)50-48(53)42-38-34-30-26-24-28-32-36-40-44-55-49(54)43-39-35-31-27-23-20-16-14-12-10-8-6-4-2/h8,10,14,16,46-47,51-52H,3-7,9,11-13,15,17-45H2,1-2H3,(H,50,53)/b10-8-,16-14-. The van der Waals surface area contributed by atoms with Gasteiger partial charge in [0.1, 0.15) is 0 Å². The Labute approximate surface area is 341 Å². The fourth-order valence-corrected chi connectivity index (χ4v) is 7.26. The van der Waals surface area contributed by atoms with Crippen LogP contribution in [0, 0.1) is 0 Å². The van der Waals surface area contributed by atoms with Gasteiger partial charge in [-0.1, -0.05) is 212 Å². The van der Waals surface area contributed by atoms with Crippen LogP contribution < -0.4 is 5.32 Å². The molecule has 0 heterocycles. The van der Waals surface area contributed by atoms with Crippen LogP contribution in [0.3, 0.4) is 0 Å². The first kappa shape index (κ1) is 53.3. The van der Waals surface area contributed by atoms with Crippen molar-refractivity contribution < 1.29 is 24.5 Å². The fraction of sp³-hybridized carbons (Fsp3) is 0.878. The number of aliphatic hydroxyl groups excluding tert-OH is 2. The van der Waals surface area contributed by atoms with E-state index < -0.39 is 12.1 Å². The highest BCUT2D eigenvalue weighted by molar-refractivity contribution is 5.76. The van der Waals surface area contributed by atoms with Crippen LogP contribution in [0.1, 0.15) is 251 Å². The lowest BCUT2D eigenvalue weighted by Gasteiger charge is -2.22. The van der Waals surface area contributed by atoms with E-state index >= 15 is 0 Å². The predicted octanol–water partition coefficient (Wildman–Crippen LogP) is 14.0. The Hall–Kier alpha value is -1.66. The number of aliphatic hydroxyl groups is 2. The second-order valence-electron chi connectivity index (χ2n) is 16.4. The third-order valence-electron chi connectivity index (χ3n) is 11.0. The molecule has 0 aromatic rings. The molecule has 0 saturated carbocycles. The first-order valence-electron chi connectivity index (χ1n) is 24.1. The molecule has 0 aliphatic heterocycles. The molecule has 0 spiro atoms. The summed E-state index contributed by atoms with van der Waals surface area (Å²) in [5.74, 6) is -0.104. The summed E-state index contributed by atoms with van der Waals surface area (Å²) in [7, 11) is 0. The van der Waals surface area contributed by atoms with E-state index in [0.29, 0.717) is 25.9 Å². The molecule has 6 heteroatoms. The molecule has 2 unspecified atom stereocenters. The van der Waals surface area contributed by atoms with Crippen molar-refractivity contribution in [1.82, 2.24) is 5.32 Å². The van der Waals surface area contributed by atoms with Gasteiger partial charge in [0.15, 0.2) is 0 Å². The Kier molecular flexibility index (Phi) is 43.7. The van der Waals surface area contributed by atoms with Crippen molar-refractivity contribution in [3.63, 3.8) is 0 Å². The van der Waals surface area contributed by atoms with Crippen molar-refractivity contribution in [2.75, 3.05) is 13.2 Å². The number of carbonyl (C=O) groups is 2. The Morgan fingerprint density at radius 2 is 0.945 bits per heavy atom. The molecule has 0 aromatic heterocycles. The van der Waals surface area contributed by atoms with E-state index in [4.69, 9.17) is 4.74 Å². The predicted molar refractivity (Wildman–Crippen MR) is 236 cm³/mol. The molecule has 0 bridgehead atoms. The van der Waals surface area contributed by atoms with Crippen LogP contribution in [0.25, 0.3) is 0 Å². The first-order chi connectivity index (χ1) is 27.0. The summed E-state index contributed by atoms with van der Waals surface area (Å²) in [4.78, 5) is 24.4. The summed E-state index contributed by atoms with van der Waals surface area (Å²) in [6, 6.07) is -0.562. The highest BCUT2D eigenvalue weighted by Crippen LogP contribution is 2.16. The lowest BCUT2D eigenvalue weighted by atomic mass is 10.0. The van der Waals surface area contributed by atoms with Gasteiger partial charge in [0.05, 0.1) is 25.4 Å². The second-order valence-corrected chi connectivity index (χ2v) is 16.4. The van der Waals surface area contributed by atoms with Gasteiger partial charge in [-0.05, 0) is 51.4 Å². The number of unbranched alkanes of at least 4 members (excludes halogenated alkanes) is 29. The molecule has 0 saturated heterocycles. The van der Waals surface area contributed by atoms with Crippen molar-refractivity contribution in [1.29, 1.82) is 0 Å². The van der Waals surface area contributed by atoms with Gasteiger partial charge in [-0.25, -0.2) is 0 Å². The average Bonchev–Trinajstić information content (AvgIpc) is 3.18. The number of hydrogen-bond acceptors (Lipinski definition) is 5. The maximum atomic E-state index is 12.4. The largest absolute Gasteiger partial charge is 0.466 e. The van der Waals surface area contributed by atoms with Crippen LogP contribution >= 0.6 is 0 Å². The van der Waals surface area contributed by atoms with Crippen LogP contribution in [0.2, 0.25) is 0 Å². The normalized spacial score (nSPS) is 12.9. The van der Waals surface area contributed by atoms with E-state index in [9.17, 15) is 19.8 Å². The fourth-order valence-electron chi connectivity index (χ4n) is 7.26. The highest BCUT2D eigenvalue weighted by atomic mass is 16.5. The summed E-state index contributed by atoms with van der Waals surface area (Å²) < 4.78 is 5.43. The average molecular weight is 776 g/mol. The Morgan fingerprint density at radius 3 is 1.45 bits per heavy atom. The Balaban J connectivity index is 3.51. The van der Waals surface area contributed by atoms with Crippen molar-refractivity contribution in [3.05, 3.63) is 24.3 Å². The number of rotatable bonds is 44. The summed E-state index contributed by atoms with van der Waals surface area (Å²) in [5.41, 5.74) is 0. The molecule has 0 aromatic carbocycles. The zero-order valence-corrected chi connectivity index (χ0v) is 36.7. The summed E-state index contributed by atoms with van der Waals surface area (Å²) in [5, 5.41) is 23.2. The maximum absolute atomic E-state index is 12.4. The molecule has 324 valence electrons. The van der Waals surface area contributed by atoms with Gasteiger partial charge in [-0.3, -0.25) is 9.59 Å². The molecular formula is C49H93NO5. The van der Waals surface area contributed by atoms with E-state index in [1.165, 1.54) is 148 Å². The molecule has 0 rings (SSSR count). The van der Waals surface area contributed by atoms with Crippen molar-refractivity contribution >= 4 is 11.9 Å². The van der Waals surface area contributed by atoms with Gasteiger partial charge in [0.2, 0.25) is 5.91 Å². The third kappa shape index (κ3) is 41.8. The Bertz CT molecular complexity index is 858. The minimum atomic E-state index is -0.682. The molecule has 3 N–H and O–H groups in total. The molecule has 0 radical (unpaired) electrons. The maximum Gasteiger partial charge on any atom is 0.305 e. The molecule has 0 aliphatic carbocycles. The lowest BCUT2D eigenvalue weighted by Crippen LogP contribution is -2.45. The minimum absolute atomic E-state index is 0.0404. The van der Waals surface area contributed by atoms with Gasteiger partial charge in [-0.2, -0.15) is 0 Å². The van der Waals surface area contributed by atoms with Gasteiger partial charge in [-0.15, -0.1) is 0 Å². The smallest absolute Gasteiger partial charge is 0.305 e. The summed E-state index contributed by atoms with van der Waals surface area (Å²) in [6.07, 6.45) is 51.3. The topological polar surface area (TPSA) is 95.9 Å². The van der Waals surface area contributed by atoms with Crippen LogP contribution in [0.5, 0.6) is 0 Å². The first-order valence-corrected chi connectivity index (χ1v) is 24.1. The lowest BCUT2D eigenvalue weighted by molar-refractivity contribution is -0.143. The monoisotopic (exact) mass is 776 g/mol. The van der Waals surface area contributed by atoms with Gasteiger partial charge < -0.3 is 20.3 Å². The molecule has 1 amide bonds. The third-order valence-corrected chi connectivity index (χ3v) is 11.0. The summed E-state index contributed by atoms with van der Waals surface area (Å²) >= 11 is 0. The summed E-state index contributed by atoms with van der Waals surface area (Å²) in [6.45, 7) is 4.81. The molecule has 0 fully saturated rings. The van der Waals surface area contributed by atoms with E-state index in [1.807, 2.05) is 0 Å². The van der Waals surface area contributed by atoms with E-state index in [2.05, 4.69) is 43.5 Å². The van der Waals surface area contributed by atoms with Crippen molar-refractivity contribution in [2.45, 2.75) is 264 Å².